The molecule has 0 N–H and O–H groups in total. The van der Waals surface area contributed by atoms with Gasteiger partial charge in [0.15, 0.2) is 17.5 Å². The van der Waals surface area contributed by atoms with Crippen LogP contribution in [-0.2, 0) is 5.41 Å². The van der Waals surface area contributed by atoms with Gasteiger partial charge in [-0.1, -0.05) is 212 Å². The average Bonchev–Trinajstić information content (AvgIpc) is 3.68. The lowest BCUT2D eigenvalue weighted by Crippen LogP contribution is -2.32. The highest BCUT2D eigenvalue weighted by molar-refractivity contribution is 6.19. The Morgan fingerprint density at radius 1 is 0.297 bits per heavy atom. The zero-order valence-corrected chi connectivity index (χ0v) is 34.6. The van der Waals surface area contributed by atoms with Crippen molar-refractivity contribution in [1.29, 1.82) is 0 Å². The summed E-state index contributed by atoms with van der Waals surface area (Å²) >= 11 is 0. The second kappa shape index (κ2) is 14.3. The summed E-state index contributed by atoms with van der Waals surface area (Å²) in [5, 5.41) is 4.94. The number of nitrogens with zero attached hydrogens (tertiary/aromatic N) is 3. The number of hydrogen-bond acceptors (Lipinski definition) is 4. The molecule has 1 unspecified atom stereocenters. The van der Waals surface area contributed by atoms with E-state index < -0.39 is 5.41 Å². The smallest absolute Gasteiger partial charge is 0.167 e. The maximum atomic E-state index is 7.20. The van der Waals surface area contributed by atoms with E-state index in [1.807, 2.05) is 12.1 Å². The molecule has 0 radical (unpaired) electrons. The number of fused-ring (bicyclic) bond motifs is 14. The van der Waals surface area contributed by atoms with Gasteiger partial charge in [0, 0.05) is 22.3 Å². The van der Waals surface area contributed by atoms with Gasteiger partial charge in [0.2, 0.25) is 0 Å². The van der Waals surface area contributed by atoms with Crippen LogP contribution in [0.2, 0.25) is 0 Å². The van der Waals surface area contributed by atoms with Gasteiger partial charge in [-0.3, -0.25) is 0 Å². The molecule has 4 heteroatoms. The Morgan fingerprint density at radius 2 is 0.734 bits per heavy atom. The minimum Gasteiger partial charge on any atom is -0.456 e. The summed E-state index contributed by atoms with van der Waals surface area (Å²) in [7, 11) is 0. The number of aromatic nitrogens is 3. The molecule has 2 aliphatic rings. The quantitative estimate of drug-likeness (QED) is 0.162. The van der Waals surface area contributed by atoms with Crippen molar-refractivity contribution in [2.24, 2.45) is 0 Å². The highest BCUT2D eigenvalue weighted by Gasteiger charge is 2.53. The van der Waals surface area contributed by atoms with Crippen LogP contribution in [0.4, 0.5) is 0 Å². The molecular weight excluding hydrogens is 779 g/mol. The maximum Gasteiger partial charge on any atom is 0.167 e. The van der Waals surface area contributed by atoms with Gasteiger partial charge in [0.05, 0.1) is 11.0 Å². The van der Waals surface area contributed by atoms with E-state index in [1.165, 1.54) is 43.8 Å². The molecule has 2 heterocycles. The number of hydrogen-bond donors (Lipinski definition) is 0. The fourth-order valence-electron chi connectivity index (χ4n) is 10.4. The summed E-state index contributed by atoms with van der Waals surface area (Å²) in [6, 6.07) is 79.6. The van der Waals surface area contributed by atoms with Crippen molar-refractivity contribution in [2.75, 3.05) is 0 Å². The zero-order chi connectivity index (χ0) is 42.2. The van der Waals surface area contributed by atoms with Crippen LogP contribution in [0.15, 0.2) is 224 Å². The summed E-state index contributed by atoms with van der Waals surface area (Å²) in [6.07, 6.45) is 0. The van der Waals surface area contributed by atoms with Crippen LogP contribution >= 0.6 is 0 Å². The number of para-hydroxylation sites is 2. The third-order valence-corrected chi connectivity index (χ3v) is 13.2. The van der Waals surface area contributed by atoms with Crippen molar-refractivity contribution in [2.45, 2.75) is 5.41 Å². The van der Waals surface area contributed by atoms with E-state index in [9.17, 15) is 0 Å². The third kappa shape index (κ3) is 5.39. The lowest BCUT2D eigenvalue weighted by Gasteiger charge is -2.40. The molecule has 64 heavy (non-hydrogen) atoms. The molecule has 0 saturated carbocycles. The first-order valence-electron chi connectivity index (χ1n) is 21.8. The lowest BCUT2D eigenvalue weighted by atomic mass is 9.64. The normalized spacial score (nSPS) is 14.4. The third-order valence-electron chi connectivity index (χ3n) is 13.2. The largest absolute Gasteiger partial charge is 0.456 e. The first-order valence-corrected chi connectivity index (χ1v) is 21.8. The van der Waals surface area contributed by atoms with E-state index in [-0.39, 0.29) is 0 Å². The molecule has 13 rings (SSSR count). The Kier molecular flexibility index (Phi) is 8.09. The van der Waals surface area contributed by atoms with E-state index >= 15 is 0 Å². The highest BCUT2D eigenvalue weighted by atomic mass is 16.5. The fraction of sp³-hybridized carbons (Fsp3) is 0.0167. The maximum absolute atomic E-state index is 7.20. The Morgan fingerprint density at radius 3 is 1.38 bits per heavy atom. The van der Waals surface area contributed by atoms with E-state index in [2.05, 4.69) is 212 Å². The van der Waals surface area contributed by atoms with Crippen LogP contribution in [0.5, 0.6) is 11.5 Å². The molecule has 1 spiro atoms. The molecule has 0 bridgehead atoms. The Hall–Kier alpha value is -8.47. The van der Waals surface area contributed by atoms with Crippen LogP contribution in [0.25, 0.3) is 89.1 Å². The van der Waals surface area contributed by atoms with E-state index in [1.54, 1.807) is 0 Å². The van der Waals surface area contributed by atoms with E-state index in [0.717, 1.165) is 61.6 Å². The zero-order valence-electron chi connectivity index (χ0n) is 34.6. The second-order valence-corrected chi connectivity index (χ2v) is 16.6. The van der Waals surface area contributed by atoms with E-state index in [0.29, 0.717) is 17.5 Å². The van der Waals surface area contributed by atoms with Crippen molar-refractivity contribution >= 4 is 21.5 Å². The van der Waals surface area contributed by atoms with Gasteiger partial charge >= 0.3 is 0 Å². The van der Waals surface area contributed by atoms with Gasteiger partial charge in [-0.05, 0) is 78.2 Å². The van der Waals surface area contributed by atoms with Gasteiger partial charge < -0.3 is 4.74 Å². The molecule has 1 aliphatic carbocycles. The lowest BCUT2D eigenvalue weighted by molar-refractivity contribution is 0.438. The Balaban J connectivity index is 1.07. The SMILES string of the molecule is c1ccc(-c2ccc(-c3nc(-c4ccc(-c5ccccc5)cc4)nc(-c4cccc5c4Oc4ccccc4C54c5ccccc5-c5c4c4ccccc4c4ccccc54)n3)cc2)cc1. The topological polar surface area (TPSA) is 47.9 Å². The standard InChI is InChI=1S/C60H37N3O/c1-3-16-38(17-4-1)40-30-34-42(35-31-40)57-61-58(43-36-32-41(33-37-43)39-18-5-2-6-19-39)63-59(62-57)49-25-15-28-52-56(49)64-53-29-14-13-27-51(53)60(52)50-26-12-11-24-48(50)54-46-22-9-7-20-44(46)45-21-8-10-23-47(45)55(54)60/h1-37H. The molecule has 0 amide bonds. The van der Waals surface area contributed by atoms with Crippen LogP contribution < -0.4 is 4.74 Å². The van der Waals surface area contributed by atoms with Gasteiger partial charge in [-0.2, -0.15) is 0 Å². The van der Waals surface area contributed by atoms with Gasteiger partial charge in [0.25, 0.3) is 0 Å². The molecule has 11 aromatic rings. The van der Waals surface area contributed by atoms with E-state index in [4.69, 9.17) is 19.7 Å². The summed E-state index contributed by atoms with van der Waals surface area (Å²) < 4.78 is 7.20. The van der Waals surface area contributed by atoms with Gasteiger partial charge in [-0.25, -0.2) is 15.0 Å². The van der Waals surface area contributed by atoms with Crippen molar-refractivity contribution in [3.05, 3.63) is 247 Å². The van der Waals surface area contributed by atoms with Crippen molar-refractivity contribution < 1.29 is 4.74 Å². The van der Waals surface area contributed by atoms with Crippen LogP contribution in [-0.4, -0.2) is 15.0 Å². The first-order chi connectivity index (χ1) is 31.7. The van der Waals surface area contributed by atoms with Crippen molar-refractivity contribution in [3.8, 4) is 79.0 Å². The molecule has 4 nitrogen and oxygen atoms in total. The second-order valence-electron chi connectivity index (χ2n) is 16.6. The monoisotopic (exact) mass is 815 g/mol. The van der Waals surface area contributed by atoms with Crippen molar-refractivity contribution in [3.63, 3.8) is 0 Å². The number of ether oxygens (including phenoxy) is 1. The molecule has 1 aromatic heterocycles. The molecule has 1 atom stereocenters. The molecule has 298 valence electrons. The fourth-order valence-corrected chi connectivity index (χ4v) is 10.4. The van der Waals surface area contributed by atoms with Crippen LogP contribution in [0.3, 0.4) is 0 Å². The molecule has 0 saturated heterocycles. The van der Waals surface area contributed by atoms with Crippen molar-refractivity contribution in [1.82, 2.24) is 15.0 Å². The molecule has 1 aliphatic heterocycles. The Labute approximate surface area is 370 Å². The highest BCUT2D eigenvalue weighted by Crippen LogP contribution is 2.65. The molecule has 10 aromatic carbocycles. The predicted octanol–water partition coefficient (Wildman–Crippen LogP) is 15.0. The first kappa shape index (κ1) is 36.2. The minimum atomic E-state index is -0.713. The summed E-state index contributed by atoms with van der Waals surface area (Å²) in [4.78, 5) is 15.8. The average molecular weight is 816 g/mol. The molecular formula is C60H37N3O. The van der Waals surface area contributed by atoms with Crippen LogP contribution in [0, 0.1) is 0 Å². The van der Waals surface area contributed by atoms with Crippen LogP contribution in [0.1, 0.15) is 22.3 Å². The Bertz CT molecular complexity index is 3520. The number of rotatable bonds is 5. The number of benzene rings is 10. The summed E-state index contributed by atoms with van der Waals surface area (Å²) in [6.45, 7) is 0. The van der Waals surface area contributed by atoms with Gasteiger partial charge in [-0.15, -0.1) is 0 Å². The summed E-state index contributed by atoms with van der Waals surface area (Å²) in [5.74, 6) is 3.27. The predicted molar refractivity (Wildman–Crippen MR) is 259 cm³/mol. The minimum absolute atomic E-state index is 0.542. The van der Waals surface area contributed by atoms with Gasteiger partial charge in [0.1, 0.15) is 11.5 Å². The molecule has 0 fully saturated rings. The summed E-state index contributed by atoms with van der Waals surface area (Å²) in [5.41, 5.74) is 13.6.